The second kappa shape index (κ2) is 34.4. The molecule has 6 aliphatic heterocycles. The van der Waals surface area contributed by atoms with Crippen LogP contribution in [-0.2, 0) is 39.6 Å². The minimum absolute atomic E-state index is 0.0247. The summed E-state index contributed by atoms with van der Waals surface area (Å²) in [7, 11) is -10.7. The predicted molar refractivity (Wildman–Crippen MR) is 450 cm³/mol. The number of benzene rings is 3. The van der Waals surface area contributed by atoms with Gasteiger partial charge >= 0.3 is 5.97 Å². The van der Waals surface area contributed by atoms with Crippen LogP contribution in [0, 0.1) is 63.7 Å². The quantitative estimate of drug-likeness (QED) is 0.0458. The maximum Gasteiger partial charge on any atom is 0.309 e. The Hall–Kier alpha value is -9.85. The molecule has 0 spiro atoms. The highest BCUT2D eigenvalue weighted by Gasteiger charge is 2.39. The largest absolute Gasteiger partial charge is 0.458 e. The van der Waals surface area contributed by atoms with Gasteiger partial charge in [0.2, 0.25) is 30.1 Å². The van der Waals surface area contributed by atoms with E-state index in [1.54, 1.807) is 49.2 Å². The van der Waals surface area contributed by atoms with Crippen molar-refractivity contribution in [1.82, 2.24) is 58.5 Å². The number of carbonyl (C=O) groups is 4. The number of hydrogen-bond donors (Lipinski definition) is 4. The number of anilines is 6. The molecule has 6 fully saturated rings. The molecular weight excluding hydrogens is 1580 g/mol. The van der Waals surface area contributed by atoms with Gasteiger partial charge in [-0.05, 0) is 152 Å². The summed E-state index contributed by atoms with van der Waals surface area (Å²) in [4.78, 5) is 80.3. The highest BCUT2D eigenvalue weighted by Crippen LogP contribution is 2.40. The first-order chi connectivity index (χ1) is 54.9. The third-order valence-electron chi connectivity index (χ3n) is 22.3. The fraction of sp³-hybridized carbons (Fsp3) is 0.481. The number of nitrogens with one attached hydrogen (secondary N) is 3. The Bertz CT molecular complexity index is 5670. The van der Waals surface area contributed by atoms with Gasteiger partial charge < -0.3 is 39.9 Å². The van der Waals surface area contributed by atoms with Crippen LogP contribution in [0.15, 0.2) is 91.4 Å². The van der Waals surface area contributed by atoms with E-state index in [0.29, 0.717) is 96.4 Å². The second-order valence-corrected chi connectivity index (χ2v) is 38.2. The number of nitrogens with zero attached hydrogens (tertiary/aromatic N) is 15. The first-order valence-corrected chi connectivity index (χ1v) is 45.7. The number of rotatable bonds is 18. The average Bonchev–Trinajstić information content (AvgIpc) is 1.60. The summed E-state index contributed by atoms with van der Waals surface area (Å²) in [5.74, 6) is 5.14. The lowest BCUT2D eigenvalue weighted by atomic mass is 9.97. The van der Waals surface area contributed by atoms with Crippen LogP contribution in [0.1, 0.15) is 180 Å². The molecule has 0 radical (unpaired) electrons. The zero-order valence-corrected chi connectivity index (χ0v) is 71.1. The topological polar surface area (TPSA) is 352 Å². The number of piperidine rings is 3. The van der Waals surface area contributed by atoms with E-state index in [9.17, 15) is 44.4 Å². The number of fused-ring (bicyclic) bond motifs is 3. The van der Waals surface area contributed by atoms with Gasteiger partial charge in [-0.3, -0.25) is 33.3 Å². The van der Waals surface area contributed by atoms with Gasteiger partial charge in [0.05, 0.1) is 113 Å². The van der Waals surface area contributed by atoms with Gasteiger partial charge in [0.15, 0.2) is 16.9 Å². The Labute approximate surface area is 687 Å². The van der Waals surface area contributed by atoms with Crippen molar-refractivity contribution >= 4 is 128 Å². The third kappa shape index (κ3) is 19.2. The van der Waals surface area contributed by atoms with Crippen LogP contribution in [0.25, 0.3) is 16.9 Å². The number of aryl methyl sites for hydroxylation is 4. The first kappa shape index (κ1) is 84.1. The summed E-state index contributed by atoms with van der Waals surface area (Å²) in [5, 5.41) is 15.1. The number of ether oxygens (including phenoxy) is 1. The number of aromatic nitrogens is 9. The lowest BCUT2D eigenvalue weighted by Gasteiger charge is -2.40. The van der Waals surface area contributed by atoms with E-state index in [1.807, 2.05) is 87.7 Å². The van der Waals surface area contributed by atoms with Crippen molar-refractivity contribution in [2.45, 2.75) is 150 Å². The van der Waals surface area contributed by atoms with Gasteiger partial charge in [-0.15, -0.1) is 6.42 Å². The van der Waals surface area contributed by atoms with Crippen LogP contribution in [-0.4, -0.2) is 197 Å². The fourth-order valence-electron chi connectivity index (χ4n) is 16.0. The molecule has 0 saturated carbocycles. The van der Waals surface area contributed by atoms with Crippen molar-refractivity contribution in [2.24, 2.45) is 29.4 Å². The minimum Gasteiger partial charge on any atom is -0.458 e. The maximum absolute atomic E-state index is 13.8. The van der Waals surface area contributed by atoms with Crippen LogP contribution in [0.5, 0.6) is 0 Å². The molecular formula is C81H101Cl2N19O11S3. The van der Waals surface area contributed by atoms with Gasteiger partial charge in [-0.2, -0.15) is 15.3 Å². The number of amides is 3. The van der Waals surface area contributed by atoms with Crippen molar-refractivity contribution < 1.29 is 49.2 Å². The molecule has 2 unspecified atom stereocenters. The van der Waals surface area contributed by atoms with Crippen LogP contribution in [0.2, 0.25) is 10.0 Å². The molecule has 30 nitrogen and oxygen atoms in total. The number of esters is 1. The van der Waals surface area contributed by atoms with E-state index < -0.39 is 30.1 Å². The van der Waals surface area contributed by atoms with Crippen molar-refractivity contribution in [2.75, 3.05) is 107 Å². The lowest BCUT2D eigenvalue weighted by molar-refractivity contribution is -0.156. The summed E-state index contributed by atoms with van der Waals surface area (Å²) < 4.78 is 89.9. The predicted octanol–water partition coefficient (Wildman–Crippen LogP) is 11.2. The van der Waals surface area contributed by atoms with E-state index >= 15 is 0 Å². The van der Waals surface area contributed by atoms with E-state index in [-0.39, 0.29) is 94.2 Å². The molecule has 0 bridgehead atoms. The molecule has 6 aliphatic rings. The van der Waals surface area contributed by atoms with Crippen molar-refractivity contribution in [3.63, 3.8) is 0 Å². The van der Waals surface area contributed by atoms with Gasteiger partial charge in [0, 0.05) is 115 Å². The Morgan fingerprint density at radius 2 is 0.888 bits per heavy atom. The Balaban J connectivity index is 0.000000152. The Morgan fingerprint density at radius 3 is 1.25 bits per heavy atom. The van der Waals surface area contributed by atoms with Gasteiger partial charge in [0.1, 0.15) is 23.6 Å². The molecule has 35 heteroatoms. The molecule has 5 N–H and O–H groups in total. The molecule has 116 heavy (non-hydrogen) atoms. The number of halogens is 2. The normalized spacial score (nSPS) is 20.4. The molecule has 3 amide bonds. The molecule has 15 rings (SSSR count). The molecule has 0 aliphatic carbocycles. The first-order valence-electron chi connectivity index (χ1n) is 39.3. The van der Waals surface area contributed by atoms with Gasteiger partial charge in [0.25, 0.3) is 17.7 Å². The molecule has 7 atom stereocenters. The third-order valence-corrected chi connectivity index (χ3v) is 24.5. The zero-order chi connectivity index (χ0) is 83.1. The number of carbonyl (C=O) groups excluding carboxylic acids is 4. The number of nitrogens with two attached hydrogens (primary N) is 1. The Kier molecular flexibility index (Phi) is 24.9. The van der Waals surface area contributed by atoms with Crippen molar-refractivity contribution in [1.29, 1.82) is 0 Å². The molecule has 618 valence electrons. The molecule has 3 aromatic carbocycles. The summed E-state index contributed by atoms with van der Waals surface area (Å²) in [6, 6.07) is 19.2. The lowest BCUT2D eigenvalue weighted by Crippen LogP contribution is -2.54. The number of likely N-dealkylation sites (tertiary alicyclic amines) is 3. The Morgan fingerprint density at radius 1 is 0.509 bits per heavy atom. The fourth-order valence-corrected chi connectivity index (χ4v) is 18.1. The molecule has 6 aromatic heterocycles. The monoisotopic (exact) mass is 1680 g/mol. The van der Waals surface area contributed by atoms with Crippen LogP contribution >= 0.6 is 23.2 Å². The smallest absolute Gasteiger partial charge is 0.309 e. The zero-order valence-electron chi connectivity index (χ0n) is 67.1. The SMILES string of the molecule is C#CC1CN(c2nc3cc([C@@H]4CCCCN4C(=O)c4cc(Cl)ccc4NS(C)(=O)=O)nn3cc2C)CC1N.Cc1ccc(NS(C)(=O)=O)c(C(=O)N2CCCC[C@H]2c2cc3nc(N4CC[C@@H](C)C4)c(C)cn3n2)c1.Cc1cn2nc([C@@H]3CCCCN3C(=O)c3cc(Cl)ccc3NS(C)(=O)=O)cc2nc1N1CC(OC(=O)[C@@H](C)C(C)C)C1. The van der Waals surface area contributed by atoms with Crippen LogP contribution < -0.4 is 34.6 Å². The highest BCUT2D eigenvalue weighted by atomic mass is 35.5. The van der Waals surface area contributed by atoms with Gasteiger partial charge in [-0.1, -0.05) is 68.4 Å². The number of terminal acetylenes is 1. The van der Waals surface area contributed by atoms with E-state index in [2.05, 4.69) is 48.6 Å². The maximum atomic E-state index is 13.8. The van der Waals surface area contributed by atoms with Crippen LogP contribution in [0.3, 0.4) is 0 Å². The summed E-state index contributed by atoms with van der Waals surface area (Å²) in [6.07, 6.45) is 23.3. The summed E-state index contributed by atoms with van der Waals surface area (Å²) >= 11 is 12.4. The average molecular weight is 1680 g/mol. The molecule has 9 aromatic rings. The second-order valence-electron chi connectivity index (χ2n) is 32.1. The van der Waals surface area contributed by atoms with Crippen molar-refractivity contribution in [3.05, 3.63) is 157 Å². The minimum atomic E-state index is -3.61. The standard InChI is InChI=1S/C29H37ClN6O5S.C26H30ClN7O3S.C26H34N6O3S/c1-17(2)19(4)29(38)41-21-15-34(16-21)27-18(3)14-36-26(31-27)13-24(32-36)25-8-6-7-11-35(25)28(37)22-12-20(30)9-10-23(22)33-42(5,39)40;1-4-17-14-32(15-20(17)28)25-16(2)13-34-24(29-25)12-22(30-34)23-7-5-6-10-33(23)26(35)19-11-18(27)8-9-21(19)31-38(3,36)37;1-17-8-9-21(29-36(4,34)35)20(13-17)26(33)31-11-6-5-7-23(31)22-14-24-27-25(19(3)16-32(24)28-22)30-12-10-18(2)15-30/h9-10,12-14,17,19,21,25,33H,6-8,11,15-16H2,1-5H3;1,8-9,11-13,17,20,23,31H,5-7,10,14-15,28H2,2-3H3;8-9,13-14,16,18,23,29H,5-7,10-12,15H2,1-4H3/t19-,25-;17?,20?,23-;18-,23+/m001/s1. The van der Waals surface area contributed by atoms with E-state index in [4.69, 9.17) is 70.3 Å². The molecule has 12 heterocycles. The molecule has 6 saturated heterocycles. The van der Waals surface area contributed by atoms with Gasteiger partial charge in [-0.25, -0.2) is 53.8 Å². The summed E-state index contributed by atoms with van der Waals surface area (Å²) in [5.41, 5.74) is 15.8. The number of sulfonamides is 3. The van der Waals surface area contributed by atoms with E-state index in [0.717, 1.165) is 140 Å². The highest BCUT2D eigenvalue weighted by molar-refractivity contribution is 7.92. The summed E-state index contributed by atoms with van der Waals surface area (Å²) in [6.45, 7) is 22.1. The number of hydrogen-bond acceptors (Lipinski definition) is 21. The van der Waals surface area contributed by atoms with Crippen LogP contribution in [0.4, 0.5) is 34.5 Å². The van der Waals surface area contributed by atoms with E-state index in [1.165, 1.54) is 30.7 Å². The van der Waals surface area contributed by atoms with Crippen molar-refractivity contribution in [3.8, 4) is 12.3 Å².